The van der Waals surface area contributed by atoms with E-state index in [0.717, 1.165) is 62.3 Å². The first-order valence-corrected chi connectivity index (χ1v) is 8.97. The molecule has 0 N–H and O–H groups in total. The van der Waals surface area contributed by atoms with Crippen LogP contribution < -0.4 is 4.90 Å². The summed E-state index contributed by atoms with van der Waals surface area (Å²) in [6.07, 6.45) is 4.12. The second-order valence-electron chi connectivity index (χ2n) is 6.98. The van der Waals surface area contributed by atoms with Gasteiger partial charge in [-0.3, -0.25) is 4.90 Å². The minimum atomic E-state index is 0.642. The van der Waals surface area contributed by atoms with Crippen molar-refractivity contribution in [1.29, 1.82) is 0 Å². The number of aryl methyl sites for hydroxylation is 1. The zero-order valence-corrected chi connectivity index (χ0v) is 14.6. The predicted molar refractivity (Wildman–Crippen MR) is 92.3 cm³/mol. The van der Waals surface area contributed by atoms with E-state index in [1.54, 1.807) is 10.8 Å². The van der Waals surface area contributed by atoms with Gasteiger partial charge in [-0.2, -0.15) is 9.61 Å². The second kappa shape index (κ2) is 6.64. The summed E-state index contributed by atoms with van der Waals surface area (Å²) in [7, 11) is 0. The summed E-state index contributed by atoms with van der Waals surface area (Å²) in [6.45, 7) is 10.5. The predicted octanol–water partition coefficient (Wildman–Crippen LogP) is 1.37. The molecule has 7 nitrogen and oxygen atoms in total. The smallest absolute Gasteiger partial charge is 0.200 e. The largest absolute Gasteiger partial charge is 0.379 e. The lowest BCUT2D eigenvalue weighted by atomic mass is 9.89. The fraction of sp³-hybridized carbons (Fsp3) is 0.706. The number of anilines is 1. The number of piperidine rings is 1. The van der Waals surface area contributed by atoms with E-state index in [0.29, 0.717) is 6.04 Å². The highest BCUT2D eigenvalue weighted by Gasteiger charge is 2.29. The van der Waals surface area contributed by atoms with Crippen molar-refractivity contribution in [1.82, 2.24) is 24.7 Å². The molecular formula is C17H26N6O. The van der Waals surface area contributed by atoms with Crippen molar-refractivity contribution < 1.29 is 4.74 Å². The van der Waals surface area contributed by atoms with Crippen molar-refractivity contribution in [2.24, 2.45) is 5.92 Å². The third-order valence-electron chi connectivity index (χ3n) is 5.55. The zero-order chi connectivity index (χ0) is 16.5. The van der Waals surface area contributed by atoms with Crippen LogP contribution in [0.2, 0.25) is 0 Å². The van der Waals surface area contributed by atoms with E-state index in [9.17, 15) is 0 Å². The van der Waals surface area contributed by atoms with Crippen molar-refractivity contribution in [3.8, 4) is 0 Å². The molecule has 0 spiro atoms. The summed E-state index contributed by atoms with van der Waals surface area (Å²) in [6, 6.07) is 2.78. The highest BCUT2D eigenvalue weighted by molar-refractivity contribution is 5.68. The fourth-order valence-corrected chi connectivity index (χ4v) is 4.07. The third kappa shape index (κ3) is 2.98. The molecule has 1 atom stereocenters. The highest BCUT2D eigenvalue weighted by atomic mass is 16.5. The molecule has 2 aromatic heterocycles. The monoisotopic (exact) mass is 330 g/mol. The lowest BCUT2D eigenvalue weighted by molar-refractivity contribution is 0.00449. The van der Waals surface area contributed by atoms with Gasteiger partial charge in [-0.05, 0) is 38.7 Å². The van der Waals surface area contributed by atoms with Crippen LogP contribution in [0.5, 0.6) is 0 Å². The van der Waals surface area contributed by atoms with E-state index in [-0.39, 0.29) is 0 Å². The molecule has 2 aliphatic rings. The number of hydrogen-bond donors (Lipinski definition) is 0. The molecule has 0 radical (unpaired) electrons. The lowest BCUT2D eigenvalue weighted by Gasteiger charge is -2.41. The van der Waals surface area contributed by atoms with Gasteiger partial charge in [-0.1, -0.05) is 0 Å². The van der Waals surface area contributed by atoms with E-state index in [1.807, 2.05) is 6.92 Å². The maximum Gasteiger partial charge on any atom is 0.200 e. The Kier molecular flexibility index (Phi) is 4.37. The average Bonchev–Trinajstić information content (AvgIpc) is 3.09. The first-order valence-electron chi connectivity index (χ1n) is 8.97. The van der Waals surface area contributed by atoms with Gasteiger partial charge in [-0.15, -0.1) is 10.2 Å². The Morgan fingerprint density at radius 1 is 1.17 bits per heavy atom. The van der Waals surface area contributed by atoms with E-state index in [2.05, 4.69) is 38.1 Å². The summed E-state index contributed by atoms with van der Waals surface area (Å²) in [5.41, 5.74) is 3.03. The van der Waals surface area contributed by atoms with Crippen LogP contribution in [-0.2, 0) is 4.74 Å². The van der Waals surface area contributed by atoms with E-state index in [4.69, 9.17) is 4.74 Å². The van der Waals surface area contributed by atoms with Gasteiger partial charge in [0.1, 0.15) is 6.33 Å². The van der Waals surface area contributed by atoms with Crippen molar-refractivity contribution in [3.63, 3.8) is 0 Å². The van der Waals surface area contributed by atoms with Crippen LogP contribution >= 0.6 is 0 Å². The zero-order valence-electron chi connectivity index (χ0n) is 14.6. The summed E-state index contributed by atoms with van der Waals surface area (Å²) in [4.78, 5) is 5.04. The summed E-state index contributed by atoms with van der Waals surface area (Å²) < 4.78 is 7.27. The molecule has 24 heavy (non-hydrogen) atoms. The van der Waals surface area contributed by atoms with Crippen LogP contribution in [0.3, 0.4) is 0 Å². The number of aromatic nitrogens is 4. The van der Waals surface area contributed by atoms with Gasteiger partial charge in [0.25, 0.3) is 0 Å². The Hall–Kier alpha value is -1.73. The third-order valence-corrected chi connectivity index (χ3v) is 5.55. The van der Waals surface area contributed by atoms with Crippen molar-refractivity contribution in [2.45, 2.75) is 32.7 Å². The van der Waals surface area contributed by atoms with Crippen LogP contribution in [0.1, 0.15) is 25.5 Å². The molecule has 0 aromatic carbocycles. The maximum atomic E-state index is 5.49. The van der Waals surface area contributed by atoms with Gasteiger partial charge in [0.05, 0.1) is 24.6 Å². The number of morpholine rings is 1. The van der Waals surface area contributed by atoms with Crippen molar-refractivity contribution >= 4 is 11.3 Å². The van der Waals surface area contributed by atoms with Gasteiger partial charge in [0.2, 0.25) is 5.65 Å². The van der Waals surface area contributed by atoms with Crippen LogP contribution in [-0.4, -0.2) is 70.1 Å². The molecule has 0 saturated carbocycles. The molecule has 1 unspecified atom stereocenters. The number of fused-ring (bicyclic) bond motifs is 1. The van der Waals surface area contributed by atoms with Crippen LogP contribution in [0, 0.1) is 12.8 Å². The SMILES string of the molecule is Cc1cc(N2CCC(C(C)N3CCOCC3)CC2)c2nncn2n1. The Labute approximate surface area is 142 Å². The molecule has 0 bridgehead atoms. The first kappa shape index (κ1) is 15.8. The Balaban J connectivity index is 1.44. The number of rotatable bonds is 3. The molecule has 2 fully saturated rings. The highest BCUT2D eigenvalue weighted by Crippen LogP contribution is 2.29. The topological polar surface area (TPSA) is 58.8 Å². The van der Waals surface area contributed by atoms with E-state index >= 15 is 0 Å². The molecule has 130 valence electrons. The Bertz CT molecular complexity index is 687. The van der Waals surface area contributed by atoms with E-state index < -0.39 is 0 Å². The number of nitrogens with zero attached hydrogens (tertiary/aromatic N) is 6. The Morgan fingerprint density at radius 2 is 1.92 bits per heavy atom. The molecule has 0 amide bonds. The first-order chi connectivity index (χ1) is 11.7. The molecule has 7 heteroatoms. The minimum absolute atomic E-state index is 0.642. The number of ether oxygens (including phenoxy) is 1. The lowest BCUT2D eigenvalue weighted by Crippen LogP contribution is -2.48. The molecule has 0 aliphatic carbocycles. The maximum absolute atomic E-state index is 5.49. The molecule has 2 aliphatic heterocycles. The molecule has 2 saturated heterocycles. The average molecular weight is 330 g/mol. The van der Waals surface area contributed by atoms with Crippen molar-refractivity contribution in [3.05, 3.63) is 18.1 Å². The molecular weight excluding hydrogens is 304 g/mol. The minimum Gasteiger partial charge on any atom is -0.379 e. The van der Waals surface area contributed by atoms with Gasteiger partial charge in [0.15, 0.2) is 0 Å². The van der Waals surface area contributed by atoms with Gasteiger partial charge in [0, 0.05) is 32.2 Å². The van der Waals surface area contributed by atoms with Crippen LogP contribution in [0.4, 0.5) is 5.69 Å². The van der Waals surface area contributed by atoms with Gasteiger partial charge >= 0.3 is 0 Å². The Morgan fingerprint density at radius 3 is 2.67 bits per heavy atom. The summed E-state index contributed by atoms with van der Waals surface area (Å²) in [5, 5.41) is 12.7. The van der Waals surface area contributed by atoms with Crippen LogP contribution in [0.15, 0.2) is 12.4 Å². The molecule has 4 rings (SSSR count). The second-order valence-corrected chi connectivity index (χ2v) is 6.98. The van der Waals surface area contributed by atoms with Gasteiger partial charge in [-0.25, -0.2) is 0 Å². The number of hydrogen-bond acceptors (Lipinski definition) is 6. The van der Waals surface area contributed by atoms with E-state index in [1.165, 1.54) is 12.8 Å². The van der Waals surface area contributed by atoms with Gasteiger partial charge < -0.3 is 9.64 Å². The molecule has 2 aromatic rings. The summed E-state index contributed by atoms with van der Waals surface area (Å²) >= 11 is 0. The van der Waals surface area contributed by atoms with Crippen LogP contribution in [0.25, 0.3) is 5.65 Å². The molecule has 4 heterocycles. The standard InChI is InChI=1S/C17H26N6O/c1-13-11-16(17-19-18-12-23(17)20-13)22-5-3-15(4-6-22)14(2)21-7-9-24-10-8-21/h11-12,14-15H,3-10H2,1-2H3. The quantitative estimate of drug-likeness (QED) is 0.847. The fourth-order valence-electron chi connectivity index (χ4n) is 4.07. The normalized spacial score (nSPS) is 22.2. The van der Waals surface area contributed by atoms with Crippen molar-refractivity contribution in [2.75, 3.05) is 44.3 Å². The summed E-state index contributed by atoms with van der Waals surface area (Å²) in [5.74, 6) is 0.760.